The molecule has 7 heteroatoms. The highest BCUT2D eigenvalue weighted by atomic mass is 16.3. The van der Waals surface area contributed by atoms with Gasteiger partial charge in [0.15, 0.2) is 5.96 Å². The molecule has 1 saturated heterocycles. The monoisotopic (exact) mass is 348 g/mol. The Morgan fingerprint density at radius 1 is 1.40 bits per heavy atom. The summed E-state index contributed by atoms with van der Waals surface area (Å²) in [6.07, 6.45) is 7.55. The molecular weight excluding hydrogens is 316 g/mol. The van der Waals surface area contributed by atoms with Gasteiger partial charge in [-0.2, -0.15) is 5.10 Å². The number of hydrogen-bond acceptors (Lipinski definition) is 4. The molecule has 2 heterocycles. The van der Waals surface area contributed by atoms with E-state index in [-0.39, 0.29) is 0 Å². The molecule has 7 nitrogen and oxygen atoms in total. The Morgan fingerprint density at radius 2 is 2.20 bits per heavy atom. The predicted octanol–water partition coefficient (Wildman–Crippen LogP) is 0.667. The minimum atomic E-state index is -1.02. The Labute approximate surface area is 150 Å². The van der Waals surface area contributed by atoms with Crippen molar-refractivity contribution in [3.63, 3.8) is 0 Å². The molecule has 1 aromatic heterocycles. The smallest absolute Gasteiger partial charge is 0.191 e. The molecule has 1 saturated carbocycles. The summed E-state index contributed by atoms with van der Waals surface area (Å²) in [5.41, 5.74) is -0.238. The van der Waals surface area contributed by atoms with Gasteiger partial charge in [-0.15, -0.1) is 0 Å². The van der Waals surface area contributed by atoms with Crippen molar-refractivity contribution in [1.29, 1.82) is 0 Å². The molecule has 0 amide bonds. The molecule has 0 bridgehead atoms. The van der Waals surface area contributed by atoms with Crippen LogP contribution in [0.2, 0.25) is 0 Å². The van der Waals surface area contributed by atoms with Crippen LogP contribution >= 0.6 is 0 Å². The van der Waals surface area contributed by atoms with Crippen LogP contribution in [0, 0.1) is 5.92 Å². The van der Waals surface area contributed by atoms with Crippen LogP contribution in [0.25, 0.3) is 0 Å². The van der Waals surface area contributed by atoms with Crippen molar-refractivity contribution in [3.8, 4) is 0 Å². The number of nitrogens with zero attached hydrogens (tertiary/aromatic N) is 4. The van der Waals surface area contributed by atoms with Gasteiger partial charge in [0, 0.05) is 44.5 Å². The van der Waals surface area contributed by atoms with Gasteiger partial charge in [0.2, 0.25) is 0 Å². The van der Waals surface area contributed by atoms with Gasteiger partial charge in [-0.05, 0) is 45.6 Å². The third-order valence-corrected chi connectivity index (χ3v) is 5.15. The van der Waals surface area contributed by atoms with Crippen LogP contribution in [-0.4, -0.2) is 64.5 Å². The van der Waals surface area contributed by atoms with E-state index in [1.165, 1.54) is 32.4 Å². The van der Waals surface area contributed by atoms with Gasteiger partial charge in [0.1, 0.15) is 5.60 Å². The summed E-state index contributed by atoms with van der Waals surface area (Å²) in [6.45, 7) is 8.31. The number of aliphatic hydroxyl groups is 1. The van der Waals surface area contributed by atoms with Crippen molar-refractivity contribution in [1.82, 2.24) is 25.3 Å². The van der Waals surface area contributed by atoms with Gasteiger partial charge in [0.25, 0.3) is 0 Å². The van der Waals surface area contributed by atoms with Gasteiger partial charge in [-0.3, -0.25) is 4.68 Å². The lowest BCUT2D eigenvalue weighted by Gasteiger charge is -2.21. The van der Waals surface area contributed by atoms with Crippen molar-refractivity contribution in [3.05, 3.63) is 18.0 Å². The van der Waals surface area contributed by atoms with Crippen LogP contribution in [-0.2, 0) is 12.6 Å². The van der Waals surface area contributed by atoms with E-state index < -0.39 is 5.60 Å². The lowest BCUT2D eigenvalue weighted by molar-refractivity contribution is 0.0671. The third-order valence-electron chi connectivity index (χ3n) is 5.15. The number of likely N-dealkylation sites (tertiary alicyclic amines) is 1. The van der Waals surface area contributed by atoms with Gasteiger partial charge >= 0.3 is 0 Å². The van der Waals surface area contributed by atoms with Crippen molar-refractivity contribution in [2.24, 2.45) is 18.0 Å². The van der Waals surface area contributed by atoms with Crippen molar-refractivity contribution >= 4 is 5.96 Å². The topological polar surface area (TPSA) is 77.7 Å². The normalized spacial score (nSPS) is 24.3. The highest BCUT2D eigenvalue weighted by molar-refractivity contribution is 5.79. The summed E-state index contributed by atoms with van der Waals surface area (Å²) in [5.74, 6) is 1.46. The van der Waals surface area contributed by atoms with Crippen LogP contribution in [0.5, 0.6) is 0 Å². The van der Waals surface area contributed by atoms with Crippen molar-refractivity contribution in [2.45, 2.75) is 44.8 Å². The molecule has 0 spiro atoms. The lowest BCUT2D eigenvalue weighted by atomic mass is 10.0. The summed E-state index contributed by atoms with van der Waals surface area (Å²) in [6, 6.07) is 0.862. The van der Waals surface area contributed by atoms with Crippen molar-refractivity contribution < 1.29 is 5.11 Å². The minimum Gasteiger partial charge on any atom is -0.383 e. The zero-order valence-electron chi connectivity index (χ0n) is 15.7. The first-order chi connectivity index (χ1) is 12.0. The van der Waals surface area contributed by atoms with Crippen LogP contribution in [0.1, 0.15) is 38.7 Å². The standard InChI is InChI=1S/C18H32N6O/c1-4-19-17(20-9-14-7-8-24(11-14)16-5-6-16)21-13-18(2,25)15-10-22-23(3)12-15/h10,12,14,16,25H,4-9,11,13H2,1-3H3,(H2,19,20,21). The number of rotatable bonds is 7. The molecular formula is C18H32N6O. The first-order valence-corrected chi connectivity index (χ1v) is 9.45. The average Bonchev–Trinajstić information content (AvgIpc) is 3.15. The summed E-state index contributed by atoms with van der Waals surface area (Å²) >= 11 is 0. The molecule has 2 atom stereocenters. The third kappa shape index (κ3) is 4.95. The van der Waals surface area contributed by atoms with Gasteiger partial charge < -0.3 is 20.6 Å². The number of guanidine groups is 1. The molecule has 140 valence electrons. The molecule has 25 heavy (non-hydrogen) atoms. The van der Waals surface area contributed by atoms with Crippen LogP contribution in [0.15, 0.2) is 17.4 Å². The minimum absolute atomic E-state index is 0.299. The van der Waals surface area contributed by atoms with E-state index in [1.807, 2.05) is 13.2 Å². The molecule has 1 aliphatic carbocycles. The second-order valence-electron chi connectivity index (χ2n) is 7.63. The fourth-order valence-electron chi connectivity index (χ4n) is 3.41. The Kier molecular flexibility index (Phi) is 5.64. The molecule has 3 rings (SSSR count). The molecule has 2 unspecified atom stereocenters. The second kappa shape index (κ2) is 7.74. The van der Waals surface area contributed by atoms with Crippen LogP contribution < -0.4 is 10.6 Å². The number of aliphatic imine (C=N–C) groups is 1. The SMILES string of the molecule is CCNC(=NCC(C)(O)c1cnn(C)c1)NCC1CCN(C2CC2)C1. The Bertz CT molecular complexity index is 592. The molecule has 1 aliphatic heterocycles. The van der Waals surface area contributed by atoms with Crippen LogP contribution in [0.3, 0.4) is 0 Å². The first-order valence-electron chi connectivity index (χ1n) is 9.45. The van der Waals surface area contributed by atoms with E-state index in [4.69, 9.17) is 0 Å². The number of hydrogen-bond donors (Lipinski definition) is 3. The molecule has 2 fully saturated rings. The number of aromatic nitrogens is 2. The molecule has 2 aliphatic rings. The molecule has 0 radical (unpaired) electrons. The highest BCUT2D eigenvalue weighted by Crippen LogP contribution is 2.31. The van der Waals surface area contributed by atoms with Gasteiger partial charge in [0.05, 0.1) is 12.7 Å². The zero-order valence-corrected chi connectivity index (χ0v) is 15.7. The Balaban J connectivity index is 1.52. The second-order valence-corrected chi connectivity index (χ2v) is 7.63. The summed E-state index contributed by atoms with van der Waals surface area (Å²) in [4.78, 5) is 7.22. The summed E-state index contributed by atoms with van der Waals surface area (Å²) < 4.78 is 1.70. The first kappa shape index (κ1) is 18.2. The average molecular weight is 348 g/mol. The predicted molar refractivity (Wildman–Crippen MR) is 99.5 cm³/mol. The van der Waals surface area contributed by atoms with E-state index in [0.29, 0.717) is 12.5 Å². The van der Waals surface area contributed by atoms with E-state index >= 15 is 0 Å². The quantitative estimate of drug-likeness (QED) is 0.499. The fraction of sp³-hybridized carbons (Fsp3) is 0.778. The van der Waals surface area contributed by atoms with E-state index in [2.05, 4.69) is 32.5 Å². The summed E-state index contributed by atoms with van der Waals surface area (Å²) in [5, 5.41) is 21.5. The van der Waals surface area contributed by atoms with E-state index in [0.717, 1.165) is 30.7 Å². The zero-order chi connectivity index (χ0) is 17.9. The van der Waals surface area contributed by atoms with Crippen LogP contribution in [0.4, 0.5) is 0 Å². The van der Waals surface area contributed by atoms with Crippen molar-refractivity contribution in [2.75, 3.05) is 32.7 Å². The Hall–Kier alpha value is -1.60. The molecule has 1 aromatic rings. The molecule has 0 aromatic carbocycles. The van der Waals surface area contributed by atoms with E-state index in [1.54, 1.807) is 17.8 Å². The number of nitrogens with one attached hydrogen (secondary N) is 2. The fourth-order valence-corrected chi connectivity index (χ4v) is 3.41. The summed E-state index contributed by atoms with van der Waals surface area (Å²) in [7, 11) is 1.85. The largest absolute Gasteiger partial charge is 0.383 e. The maximum atomic E-state index is 10.7. The Morgan fingerprint density at radius 3 is 2.84 bits per heavy atom. The highest BCUT2D eigenvalue weighted by Gasteiger charge is 2.34. The lowest BCUT2D eigenvalue weighted by Crippen LogP contribution is -2.41. The number of aryl methyl sites for hydroxylation is 1. The maximum Gasteiger partial charge on any atom is 0.191 e. The molecule has 3 N–H and O–H groups in total. The van der Waals surface area contributed by atoms with Gasteiger partial charge in [-0.1, -0.05) is 0 Å². The maximum absolute atomic E-state index is 10.7. The van der Waals surface area contributed by atoms with Gasteiger partial charge in [-0.25, -0.2) is 4.99 Å². The van der Waals surface area contributed by atoms with E-state index in [9.17, 15) is 5.11 Å².